The van der Waals surface area contributed by atoms with Crippen LogP contribution in [0.25, 0.3) is 0 Å². The molecule has 5 heteroatoms. The SMILES string of the molecule is NCCCNS(=O)(=O)c1cc[c]cc1. The van der Waals surface area contributed by atoms with Gasteiger partial charge in [-0.3, -0.25) is 0 Å². The fraction of sp³-hybridized carbons (Fsp3) is 0.333. The predicted octanol–water partition coefficient (Wildman–Crippen LogP) is 0.114. The number of nitrogens with one attached hydrogen (secondary N) is 1. The minimum absolute atomic E-state index is 0.258. The summed E-state index contributed by atoms with van der Waals surface area (Å²) in [6.45, 7) is 0.850. The van der Waals surface area contributed by atoms with E-state index in [4.69, 9.17) is 5.73 Å². The van der Waals surface area contributed by atoms with Crippen LogP contribution in [0.5, 0.6) is 0 Å². The number of sulfonamides is 1. The van der Waals surface area contributed by atoms with E-state index in [0.717, 1.165) is 0 Å². The van der Waals surface area contributed by atoms with E-state index in [-0.39, 0.29) is 4.90 Å². The minimum atomic E-state index is -3.36. The zero-order valence-corrected chi connectivity index (χ0v) is 8.55. The monoisotopic (exact) mass is 213 g/mol. The molecule has 0 aliphatic carbocycles. The molecular weight excluding hydrogens is 200 g/mol. The second-order valence-corrected chi connectivity index (χ2v) is 4.54. The van der Waals surface area contributed by atoms with Gasteiger partial charge in [-0.1, -0.05) is 12.1 Å². The largest absolute Gasteiger partial charge is 0.330 e. The third-order valence-corrected chi connectivity index (χ3v) is 3.15. The van der Waals surface area contributed by atoms with Gasteiger partial charge < -0.3 is 5.73 Å². The zero-order chi connectivity index (χ0) is 10.4. The van der Waals surface area contributed by atoms with Gasteiger partial charge in [-0.2, -0.15) is 0 Å². The lowest BCUT2D eigenvalue weighted by Gasteiger charge is -2.04. The van der Waals surface area contributed by atoms with Crippen molar-refractivity contribution in [2.24, 2.45) is 5.73 Å². The normalized spacial score (nSPS) is 11.5. The highest BCUT2D eigenvalue weighted by Crippen LogP contribution is 2.06. The van der Waals surface area contributed by atoms with Crippen LogP contribution >= 0.6 is 0 Å². The Kier molecular flexibility index (Phi) is 4.06. The molecule has 1 rings (SSSR count). The molecule has 0 fully saturated rings. The summed E-state index contributed by atoms with van der Waals surface area (Å²) in [7, 11) is -3.36. The van der Waals surface area contributed by atoms with Gasteiger partial charge >= 0.3 is 0 Å². The van der Waals surface area contributed by atoms with E-state index in [2.05, 4.69) is 10.8 Å². The van der Waals surface area contributed by atoms with Crippen LogP contribution < -0.4 is 10.5 Å². The second kappa shape index (κ2) is 5.09. The Labute approximate surface area is 84.2 Å². The van der Waals surface area contributed by atoms with Gasteiger partial charge in [0.2, 0.25) is 10.0 Å². The summed E-state index contributed by atoms with van der Waals surface area (Å²) in [4.78, 5) is 0.258. The molecule has 0 amide bonds. The van der Waals surface area contributed by atoms with Crippen LogP contribution in [0.3, 0.4) is 0 Å². The number of benzene rings is 1. The van der Waals surface area contributed by atoms with Gasteiger partial charge in [-0.25, -0.2) is 13.1 Å². The third kappa shape index (κ3) is 3.10. The van der Waals surface area contributed by atoms with Crippen molar-refractivity contribution in [1.29, 1.82) is 0 Å². The molecule has 14 heavy (non-hydrogen) atoms. The van der Waals surface area contributed by atoms with Crippen LogP contribution in [0.2, 0.25) is 0 Å². The molecule has 0 spiro atoms. The molecule has 0 saturated heterocycles. The van der Waals surface area contributed by atoms with E-state index in [0.29, 0.717) is 19.5 Å². The Morgan fingerprint density at radius 3 is 2.57 bits per heavy atom. The molecule has 0 atom stereocenters. The van der Waals surface area contributed by atoms with Crippen LogP contribution in [0.1, 0.15) is 6.42 Å². The highest BCUT2D eigenvalue weighted by atomic mass is 32.2. The maximum absolute atomic E-state index is 11.5. The van der Waals surface area contributed by atoms with E-state index in [1.165, 1.54) is 12.1 Å². The molecule has 0 bridgehead atoms. The van der Waals surface area contributed by atoms with Gasteiger partial charge in [-0.15, -0.1) is 0 Å². The fourth-order valence-corrected chi connectivity index (χ4v) is 2.02. The van der Waals surface area contributed by atoms with Crippen molar-refractivity contribution in [3.63, 3.8) is 0 Å². The van der Waals surface area contributed by atoms with Crippen molar-refractivity contribution in [2.75, 3.05) is 13.1 Å². The zero-order valence-electron chi connectivity index (χ0n) is 7.73. The summed E-state index contributed by atoms with van der Waals surface area (Å²) in [6.07, 6.45) is 0.637. The van der Waals surface area contributed by atoms with Crippen LogP contribution in [0.15, 0.2) is 29.2 Å². The molecule has 3 N–H and O–H groups in total. The van der Waals surface area contributed by atoms with Crippen molar-refractivity contribution in [1.82, 2.24) is 4.72 Å². The summed E-state index contributed by atoms with van der Waals surface area (Å²) in [5.41, 5.74) is 5.26. The van der Waals surface area contributed by atoms with E-state index in [1.807, 2.05) is 0 Å². The van der Waals surface area contributed by atoms with Gasteiger partial charge in [0.25, 0.3) is 0 Å². The molecule has 0 aliphatic rings. The molecule has 0 unspecified atom stereocenters. The van der Waals surface area contributed by atoms with Crippen molar-refractivity contribution < 1.29 is 8.42 Å². The third-order valence-electron chi connectivity index (χ3n) is 1.67. The number of rotatable bonds is 5. The molecule has 1 radical (unpaired) electrons. The minimum Gasteiger partial charge on any atom is -0.330 e. The fourth-order valence-electron chi connectivity index (χ4n) is 0.943. The molecule has 1 aromatic rings. The van der Waals surface area contributed by atoms with Gasteiger partial charge in [-0.05, 0) is 31.2 Å². The molecule has 4 nitrogen and oxygen atoms in total. The van der Waals surface area contributed by atoms with E-state index >= 15 is 0 Å². The molecule has 0 heterocycles. The first-order valence-corrected chi connectivity index (χ1v) is 5.81. The van der Waals surface area contributed by atoms with Gasteiger partial charge in [0.15, 0.2) is 0 Å². The van der Waals surface area contributed by atoms with E-state index in [1.54, 1.807) is 12.1 Å². The first kappa shape index (κ1) is 11.2. The Morgan fingerprint density at radius 1 is 1.36 bits per heavy atom. The highest BCUT2D eigenvalue weighted by Gasteiger charge is 2.11. The second-order valence-electron chi connectivity index (χ2n) is 2.78. The lowest BCUT2D eigenvalue weighted by molar-refractivity contribution is 0.579. The standard InChI is InChI=1S/C9H13N2O2S/c10-7-4-8-11-14(12,13)9-5-2-1-3-6-9/h2-3,5-6,11H,4,7-8,10H2. The first-order chi connectivity index (χ1) is 6.67. The smallest absolute Gasteiger partial charge is 0.240 e. The summed E-state index contributed by atoms with van der Waals surface area (Å²) >= 11 is 0. The van der Waals surface area contributed by atoms with Crippen LogP contribution in [0, 0.1) is 6.07 Å². The lowest BCUT2D eigenvalue weighted by Crippen LogP contribution is -2.26. The van der Waals surface area contributed by atoms with Crippen molar-refractivity contribution in [3.8, 4) is 0 Å². The van der Waals surface area contributed by atoms with E-state index < -0.39 is 10.0 Å². The summed E-state index contributed by atoms with van der Waals surface area (Å²) in [6, 6.07) is 8.90. The molecule has 0 aromatic heterocycles. The molecule has 77 valence electrons. The highest BCUT2D eigenvalue weighted by molar-refractivity contribution is 7.89. The van der Waals surface area contributed by atoms with Gasteiger partial charge in [0.1, 0.15) is 0 Å². The summed E-state index contributed by atoms with van der Waals surface area (Å²) in [5, 5.41) is 0. The lowest BCUT2D eigenvalue weighted by atomic mass is 10.4. The molecular formula is C9H13N2O2S. The number of hydrogen-bond acceptors (Lipinski definition) is 3. The Bertz CT molecular complexity index is 362. The van der Waals surface area contributed by atoms with Crippen molar-refractivity contribution in [2.45, 2.75) is 11.3 Å². The topological polar surface area (TPSA) is 72.2 Å². The summed E-state index contributed by atoms with van der Waals surface area (Å²) < 4.78 is 25.5. The maximum atomic E-state index is 11.5. The molecule has 0 aliphatic heterocycles. The number of hydrogen-bond donors (Lipinski definition) is 2. The Morgan fingerprint density at radius 2 is 2.00 bits per heavy atom. The quantitative estimate of drug-likeness (QED) is 0.682. The first-order valence-electron chi connectivity index (χ1n) is 4.32. The molecule has 0 saturated carbocycles. The average Bonchev–Trinajstić information content (AvgIpc) is 2.19. The maximum Gasteiger partial charge on any atom is 0.240 e. The number of nitrogens with two attached hydrogens (primary N) is 1. The van der Waals surface area contributed by atoms with Crippen LogP contribution in [0.4, 0.5) is 0 Å². The van der Waals surface area contributed by atoms with Crippen molar-refractivity contribution >= 4 is 10.0 Å². The Hall–Kier alpha value is -0.910. The van der Waals surface area contributed by atoms with E-state index in [9.17, 15) is 8.42 Å². The average molecular weight is 213 g/mol. The molecule has 1 aromatic carbocycles. The predicted molar refractivity (Wildman–Crippen MR) is 54.1 cm³/mol. The summed E-state index contributed by atoms with van der Waals surface area (Å²) in [5.74, 6) is 0. The van der Waals surface area contributed by atoms with Gasteiger partial charge in [0, 0.05) is 6.54 Å². The van der Waals surface area contributed by atoms with Crippen molar-refractivity contribution in [3.05, 3.63) is 30.3 Å². The Balaban J connectivity index is 2.67. The van der Waals surface area contributed by atoms with Crippen LogP contribution in [-0.2, 0) is 10.0 Å². The van der Waals surface area contributed by atoms with Crippen LogP contribution in [-0.4, -0.2) is 21.5 Å². The van der Waals surface area contributed by atoms with Gasteiger partial charge in [0.05, 0.1) is 4.90 Å².